The van der Waals surface area contributed by atoms with Crippen molar-refractivity contribution >= 4 is 21.6 Å². The minimum atomic E-state index is -0.622. The van der Waals surface area contributed by atoms with Crippen LogP contribution in [0.3, 0.4) is 0 Å². The molecule has 0 amide bonds. The standard InChI is InChI=1S/C9H8BrNO4/c10-7-3-1-2-6(8(7)11(12)13)9-14-4-5-15-9/h1-3,9H,4-5H2. The van der Waals surface area contributed by atoms with Crippen molar-refractivity contribution in [3.8, 4) is 0 Å². The highest BCUT2D eigenvalue weighted by Crippen LogP contribution is 2.35. The molecule has 0 atom stereocenters. The molecule has 0 aromatic heterocycles. The number of halogens is 1. The molecule has 2 rings (SSSR count). The molecule has 80 valence electrons. The second kappa shape index (κ2) is 4.26. The summed E-state index contributed by atoms with van der Waals surface area (Å²) in [5.41, 5.74) is 0.455. The fourth-order valence-electron chi connectivity index (χ4n) is 1.45. The van der Waals surface area contributed by atoms with E-state index in [1.807, 2.05) is 0 Å². The van der Waals surface area contributed by atoms with E-state index in [0.29, 0.717) is 23.2 Å². The van der Waals surface area contributed by atoms with E-state index in [9.17, 15) is 10.1 Å². The van der Waals surface area contributed by atoms with Gasteiger partial charge in [-0.15, -0.1) is 0 Å². The molecule has 5 nitrogen and oxygen atoms in total. The lowest BCUT2D eigenvalue weighted by molar-refractivity contribution is -0.387. The number of nitrogens with zero attached hydrogens (tertiary/aromatic N) is 1. The van der Waals surface area contributed by atoms with Crippen LogP contribution in [0, 0.1) is 10.1 Å². The Kier molecular flexibility index (Phi) is 2.99. The van der Waals surface area contributed by atoms with E-state index >= 15 is 0 Å². The van der Waals surface area contributed by atoms with Gasteiger partial charge in [0.05, 0.1) is 28.2 Å². The van der Waals surface area contributed by atoms with Crippen LogP contribution in [0.2, 0.25) is 0 Å². The third kappa shape index (κ3) is 2.01. The molecule has 1 saturated heterocycles. The monoisotopic (exact) mass is 273 g/mol. The number of nitro groups is 1. The Hall–Kier alpha value is -0.980. The summed E-state index contributed by atoms with van der Waals surface area (Å²) in [5, 5.41) is 10.9. The molecule has 0 saturated carbocycles. The third-order valence-corrected chi connectivity index (χ3v) is 2.72. The smallest absolute Gasteiger partial charge is 0.291 e. The third-order valence-electron chi connectivity index (χ3n) is 2.08. The van der Waals surface area contributed by atoms with Gasteiger partial charge < -0.3 is 9.47 Å². The maximum Gasteiger partial charge on any atom is 0.291 e. The molecular weight excluding hydrogens is 266 g/mol. The van der Waals surface area contributed by atoms with Crippen molar-refractivity contribution in [2.24, 2.45) is 0 Å². The highest BCUT2D eigenvalue weighted by Gasteiger charge is 2.28. The van der Waals surface area contributed by atoms with Crippen LogP contribution in [0.4, 0.5) is 5.69 Å². The molecule has 0 aliphatic carbocycles. The first-order valence-electron chi connectivity index (χ1n) is 4.36. The van der Waals surface area contributed by atoms with Gasteiger partial charge in [0.2, 0.25) is 0 Å². The zero-order valence-electron chi connectivity index (χ0n) is 7.68. The second-order valence-corrected chi connectivity index (χ2v) is 3.86. The molecule has 1 heterocycles. The molecule has 15 heavy (non-hydrogen) atoms. The summed E-state index contributed by atoms with van der Waals surface area (Å²) in [6, 6.07) is 4.98. The van der Waals surface area contributed by atoms with Crippen molar-refractivity contribution in [3.63, 3.8) is 0 Å². The van der Waals surface area contributed by atoms with Gasteiger partial charge in [0, 0.05) is 0 Å². The van der Waals surface area contributed by atoms with E-state index in [0.717, 1.165) is 0 Å². The van der Waals surface area contributed by atoms with E-state index in [-0.39, 0.29) is 5.69 Å². The maximum atomic E-state index is 10.9. The number of rotatable bonds is 2. The van der Waals surface area contributed by atoms with Gasteiger partial charge in [0.1, 0.15) is 0 Å². The minimum Gasteiger partial charge on any atom is -0.346 e. The van der Waals surface area contributed by atoms with Crippen LogP contribution >= 0.6 is 15.9 Å². The van der Waals surface area contributed by atoms with Gasteiger partial charge in [-0.25, -0.2) is 0 Å². The van der Waals surface area contributed by atoms with Gasteiger partial charge in [0.25, 0.3) is 5.69 Å². The Morgan fingerprint density at radius 2 is 2.07 bits per heavy atom. The molecule has 0 N–H and O–H groups in total. The molecule has 0 unspecified atom stereocenters. The van der Waals surface area contributed by atoms with Gasteiger partial charge in [-0.05, 0) is 28.1 Å². The maximum absolute atomic E-state index is 10.9. The molecule has 0 bridgehead atoms. The lowest BCUT2D eigenvalue weighted by Gasteiger charge is -2.10. The molecule has 1 aliphatic heterocycles. The quantitative estimate of drug-likeness (QED) is 0.613. The first-order chi connectivity index (χ1) is 7.20. The van der Waals surface area contributed by atoms with E-state index in [2.05, 4.69) is 15.9 Å². The van der Waals surface area contributed by atoms with Crippen LogP contribution in [0.15, 0.2) is 22.7 Å². The fraction of sp³-hybridized carbons (Fsp3) is 0.333. The summed E-state index contributed by atoms with van der Waals surface area (Å²) < 4.78 is 10.9. The van der Waals surface area contributed by atoms with Gasteiger partial charge in [-0.1, -0.05) is 6.07 Å². The zero-order valence-corrected chi connectivity index (χ0v) is 9.27. The highest BCUT2D eigenvalue weighted by molar-refractivity contribution is 9.10. The number of para-hydroxylation sites is 1. The van der Waals surface area contributed by atoms with Crippen LogP contribution in [0.1, 0.15) is 11.9 Å². The topological polar surface area (TPSA) is 61.6 Å². The van der Waals surface area contributed by atoms with Crippen LogP contribution < -0.4 is 0 Å². The number of nitro benzene ring substituents is 1. The molecule has 0 radical (unpaired) electrons. The van der Waals surface area contributed by atoms with Crippen molar-refractivity contribution in [1.82, 2.24) is 0 Å². The first-order valence-corrected chi connectivity index (χ1v) is 5.15. The predicted octanol–water partition coefficient (Wildman–Crippen LogP) is 2.40. The van der Waals surface area contributed by atoms with Crippen LogP contribution in [-0.4, -0.2) is 18.1 Å². The molecule has 6 heteroatoms. The van der Waals surface area contributed by atoms with E-state index in [1.165, 1.54) is 0 Å². The number of hydrogen-bond acceptors (Lipinski definition) is 4. The van der Waals surface area contributed by atoms with Crippen molar-refractivity contribution < 1.29 is 14.4 Å². The number of benzene rings is 1. The molecule has 0 spiro atoms. The molecule has 1 aromatic carbocycles. The van der Waals surface area contributed by atoms with E-state index in [1.54, 1.807) is 18.2 Å². The average molecular weight is 274 g/mol. The Balaban J connectivity index is 2.45. The highest BCUT2D eigenvalue weighted by atomic mass is 79.9. The van der Waals surface area contributed by atoms with Gasteiger partial charge in [0.15, 0.2) is 6.29 Å². The van der Waals surface area contributed by atoms with Crippen LogP contribution in [0.25, 0.3) is 0 Å². The van der Waals surface area contributed by atoms with E-state index < -0.39 is 11.2 Å². The van der Waals surface area contributed by atoms with Crippen molar-refractivity contribution in [1.29, 1.82) is 0 Å². The van der Waals surface area contributed by atoms with Crippen molar-refractivity contribution in [2.75, 3.05) is 13.2 Å². The summed E-state index contributed by atoms with van der Waals surface area (Å²) in [4.78, 5) is 10.4. The molecular formula is C9H8BrNO4. The number of hydrogen-bond donors (Lipinski definition) is 0. The Bertz CT molecular complexity index is 390. The van der Waals surface area contributed by atoms with E-state index in [4.69, 9.17) is 9.47 Å². The predicted molar refractivity (Wildman–Crippen MR) is 55.4 cm³/mol. The SMILES string of the molecule is O=[N+]([O-])c1c(Br)cccc1C1OCCO1. The van der Waals surface area contributed by atoms with Crippen LogP contribution in [-0.2, 0) is 9.47 Å². The van der Waals surface area contributed by atoms with Gasteiger partial charge >= 0.3 is 0 Å². The molecule has 1 fully saturated rings. The Labute approximate surface area is 94.3 Å². The fourth-order valence-corrected chi connectivity index (χ4v) is 1.98. The van der Waals surface area contributed by atoms with Crippen molar-refractivity contribution in [2.45, 2.75) is 6.29 Å². The second-order valence-electron chi connectivity index (χ2n) is 3.01. The molecule has 1 aliphatic rings. The van der Waals surface area contributed by atoms with Crippen LogP contribution in [0.5, 0.6) is 0 Å². The Morgan fingerprint density at radius 1 is 1.40 bits per heavy atom. The lowest BCUT2D eigenvalue weighted by Crippen LogP contribution is -2.03. The van der Waals surface area contributed by atoms with Gasteiger partial charge in [-0.3, -0.25) is 10.1 Å². The lowest BCUT2D eigenvalue weighted by atomic mass is 10.2. The average Bonchev–Trinajstić information content (AvgIpc) is 2.69. The summed E-state index contributed by atoms with van der Waals surface area (Å²) >= 11 is 3.14. The van der Waals surface area contributed by atoms with Crippen molar-refractivity contribution in [3.05, 3.63) is 38.3 Å². The Morgan fingerprint density at radius 3 is 2.67 bits per heavy atom. The largest absolute Gasteiger partial charge is 0.346 e. The number of ether oxygens (including phenoxy) is 2. The summed E-state index contributed by atoms with van der Waals surface area (Å²) in [6.07, 6.45) is -0.622. The summed E-state index contributed by atoms with van der Waals surface area (Å²) in [6.45, 7) is 0.933. The summed E-state index contributed by atoms with van der Waals surface area (Å²) in [5.74, 6) is 0. The zero-order chi connectivity index (χ0) is 10.8. The first kappa shape index (κ1) is 10.5. The summed E-state index contributed by atoms with van der Waals surface area (Å²) in [7, 11) is 0. The van der Waals surface area contributed by atoms with Gasteiger partial charge in [-0.2, -0.15) is 0 Å². The molecule has 1 aromatic rings. The normalized spacial score (nSPS) is 16.9. The minimum absolute atomic E-state index is 0.00407.